The van der Waals surface area contributed by atoms with Gasteiger partial charge in [-0.2, -0.15) is 0 Å². The molecule has 0 spiro atoms. The molecule has 1 aliphatic rings. The van der Waals surface area contributed by atoms with Crippen LogP contribution in [-0.2, 0) is 11.3 Å². The standard InChI is InChI=1S/C16H23NO2/c1-2-3-10-18-11-12-19-16-7-5-4-6-14(16)13-17-15-8-9-15/h2,4-7,15,17H,1,3,8-13H2. The molecule has 1 aliphatic carbocycles. The largest absolute Gasteiger partial charge is 0.491 e. The van der Waals surface area contributed by atoms with Crippen LogP contribution in [0.2, 0.25) is 0 Å². The molecule has 104 valence electrons. The maximum atomic E-state index is 5.78. The second kappa shape index (κ2) is 7.97. The van der Waals surface area contributed by atoms with Gasteiger partial charge in [0, 0.05) is 18.2 Å². The van der Waals surface area contributed by atoms with E-state index < -0.39 is 0 Å². The lowest BCUT2D eigenvalue weighted by Crippen LogP contribution is -2.16. The first-order valence-electron chi connectivity index (χ1n) is 7.03. The summed E-state index contributed by atoms with van der Waals surface area (Å²) < 4.78 is 11.2. The van der Waals surface area contributed by atoms with E-state index in [1.54, 1.807) is 0 Å². The lowest BCUT2D eigenvalue weighted by Gasteiger charge is -2.12. The lowest BCUT2D eigenvalue weighted by molar-refractivity contribution is 0.103. The van der Waals surface area contributed by atoms with Gasteiger partial charge in [-0.15, -0.1) is 6.58 Å². The third kappa shape index (κ3) is 5.45. The third-order valence-corrected chi connectivity index (χ3v) is 3.08. The number of ether oxygens (including phenoxy) is 2. The van der Waals surface area contributed by atoms with Crippen molar-refractivity contribution in [3.8, 4) is 5.75 Å². The Morgan fingerprint density at radius 1 is 1.21 bits per heavy atom. The van der Waals surface area contributed by atoms with Gasteiger partial charge in [0.1, 0.15) is 12.4 Å². The molecule has 0 bridgehead atoms. The van der Waals surface area contributed by atoms with Crippen LogP contribution in [0.5, 0.6) is 5.75 Å². The van der Waals surface area contributed by atoms with Gasteiger partial charge < -0.3 is 14.8 Å². The molecular weight excluding hydrogens is 238 g/mol. The highest BCUT2D eigenvalue weighted by molar-refractivity contribution is 5.33. The van der Waals surface area contributed by atoms with Gasteiger partial charge in [0.15, 0.2) is 0 Å². The van der Waals surface area contributed by atoms with Crippen molar-refractivity contribution in [2.45, 2.75) is 31.8 Å². The van der Waals surface area contributed by atoms with Crippen LogP contribution < -0.4 is 10.1 Å². The molecule has 0 unspecified atom stereocenters. The number of rotatable bonds is 10. The summed E-state index contributed by atoms with van der Waals surface area (Å²) in [5.41, 5.74) is 1.22. The fourth-order valence-corrected chi connectivity index (χ4v) is 1.81. The molecule has 0 atom stereocenters. The van der Waals surface area contributed by atoms with Crippen LogP contribution in [0.3, 0.4) is 0 Å². The van der Waals surface area contributed by atoms with E-state index in [4.69, 9.17) is 9.47 Å². The zero-order valence-electron chi connectivity index (χ0n) is 11.4. The van der Waals surface area contributed by atoms with Crippen molar-refractivity contribution in [1.29, 1.82) is 0 Å². The zero-order chi connectivity index (χ0) is 13.3. The smallest absolute Gasteiger partial charge is 0.123 e. The highest BCUT2D eigenvalue weighted by atomic mass is 16.5. The van der Waals surface area contributed by atoms with E-state index in [0.717, 1.165) is 31.4 Å². The summed E-state index contributed by atoms with van der Waals surface area (Å²) in [5.74, 6) is 0.961. The first-order valence-corrected chi connectivity index (χ1v) is 7.03. The van der Waals surface area contributed by atoms with E-state index in [0.29, 0.717) is 13.2 Å². The summed E-state index contributed by atoms with van der Waals surface area (Å²) >= 11 is 0. The van der Waals surface area contributed by atoms with Crippen molar-refractivity contribution in [2.75, 3.05) is 19.8 Å². The Morgan fingerprint density at radius 3 is 2.84 bits per heavy atom. The topological polar surface area (TPSA) is 30.5 Å². The Bertz CT molecular complexity index is 388. The van der Waals surface area contributed by atoms with Crippen molar-refractivity contribution in [2.24, 2.45) is 0 Å². The molecule has 0 radical (unpaired) electrons. The molecule has 3 nitrogen and oxygen atoms in total. The number of hydrogen-bond donors (Lipinski definition) is 1. The molecular formula is C16H23NO2. The predicted molar refractivity (Wildman–Crippen MR) is 77.4 cm³/mol. The van der Waals surface area contributed by atoms with Crippen LogP contribution in [0, 0.1) is 0 Å². The molecule has 1 saturated carbocycles. The van der Waals surface area contributed by atoms with E-state index in [2.05, 4.69) is 24.0 Å². The molecule has 3 heteroatoms. The number of benzene rings is 1. The first kappa shape index (κ1) is 14.1. The molecule has 0 heterocycles. The molecule has 0 saturated heterocycles. The summed E-state index contributed by atoms with van der Waals surface area (Å²) in [6, 6.07) is 8.92. The minimum absolute atomic E-state index is 0.595. The Balaban J connectivity index is 1.70. The van der Waals surface area contributed by atoms with Crippen LogP contribution >= 0.6 is 0 Å². The van der Waals surface area contributed by atoms with Gasteiger partial charge in [0.05, 0.1) is 13.2 Å². The quantitative estimate of drug-likeness (QED) is 0.519. The zero-order valence-corrected chi connectivity index (χ0v) is 11.4. The second-order valence-corrected chi connectivity index (χ2v) is 4.80. The molecule has 0 amide bonds. The number of hydrogen-bond acceptors (Lipinski definition) is 3. The third-order valence-electron chi connectivity index (χ3n) is 3.08. The Hall–Kier alpha value is -1.32. The van der Waals surface area contributed by atoms with Gasteiger partial charge in [0.25, 0.3) is 0 Å². The van der Waals surface area contributed by atoms with Gasteiger partial charge in [-0.1, -0.05) is 24.3 Å². The number of para-hydroxylation sites is 1. The molecule has 0 aromatic heterocycles. The van der Waals surface area contributed by atoms with E-state index in [1.807, 2.05) is 18.2 Å². The van der Waals surface area contributed by atoms with Crippen LogP contribution in [0.15, 0.2) is 36.9 Å². The minimum Gasteiger partial charge on any atom is -0.491 e. The molecule has 0 aliphatic heterocycles. The van der Waals surface area contributed by atoms with Crippen LogP contribution in [0.4, 0.5) is 0 Å². The fraction of sp³-hybridized carbons (Fsp3) is 0.500. The maximum absolute atomic E-state index is 5.78. The molecule has 19 heavy (non-hydrogen) atoms. The van der Waals surface area contributed by atoms with Crippen molar-refractivity contribution >= 4 is 0 Å². The predicted octanol–water partition coefficient (Wildman–Crippen LogP) is 2.91. The highest BCUT2D eigenvalue weighted by Crippen LogP contribution is 2.22. The van der Waals surface area contributed by atoms with Crippen molar-refractivity contribution < 1.29 is 9.47 Å². The molecule has 1 aromatic carbocycles. The molecule has 1 aromatic rings. The van der Waals surface area contributed by atoms with E-state index >= 15 is 0 Å². The fourth-order valence-electron chi connectivity index (χ4n) is 1.81. The monoisotopic (exact) mass is 261 g/mol. The van der Waals surface area contributed by atoms with Crippen LogP contribution in [0.25, 0.3) is 0 Å². The van der Waals surface area contributed by atoms with Gasteiger partial charge in [-0.3, -0.25) is 0 Å². The minimum atomic E-state index is 0.595. The van der Waals surface area contributed by atoms with Crippen molar-refractivity contribution in [3.63, 3.8) is 0 Å². The van der Waals surface area contributed by atoms with Crippen LogP contribution in [-0.4, -0.2) is 25.9 Å². The maximum Gasteiger partial charge on any atom is 0.123 e. The SMILES string of the molecule is C=CCCOCCOc1ccccc1CNC1CC1. The van der Waals surface area contributed by atoms with Gasteiger partial charge >= 0.3 is 0 Å². The average Bonchev–Trinajstić information content (AvgIpc) is 3.25. The van der Waals surface area contributed by atoms with Crippen molar-refractivity contribution in [3.05, 3.63) is 42.5 Å². The highest BCUT2D eigenvalue weighted by Gasteiger charge is 2.20. The van der Waals surface area contributed by atoms with Crippen LogP contribution in [0.1, 0.15) is 24.8 Å². The summed E-state index contributed by atoms with van der Waals surface area (Å²) in [6.45, 7) is 6.48. The summed E-state index contributed by atoms with van der Waals surface area (Å²) in [7, 11) is 0. The molecule has 2 rings (SSSR count). The van der Waals surface area contributed by atoms with Gasteiger partial charge in [0.2, 0.25) is 0 Å². The summed E-state index contributed by atoms with van der Waals surface area (Å²) in [4.78, 5) is 0. The lowest BCUT2D eigenvalue weighted by atomic mass is 10.2. The number of nitrogens with one attached hydrogen (secondary N) is 1. The van der Waals surface area contributed by atoms with Gasteiger partial charge in [-0.05, 0) is 25.3 Å². The normalized spacial score (nSPS) is 14.3. The Morgan fingerprint density at radius 2 is 2.05 bits per heavy atom. The molecule has 1 fully saturated rings. The van der Waals surface area contributed by atoms with E-state index in [1.165, 1.54) is 18.4 Å². The van der Waals surface area contributed by atoms with E-state index in [9.17, 15) is 0 Å². The Labute approximate surface area is 115 Å². The van der Waals surface area contributed by atoms with Crippen molar-refractivity contribution in [1.82, 2.24) is 5.32 Å². The summed E-state index contributed by atoms with van der Waals surface area (Å²) in [6.07, 6.45) is 5.36. The second-order valence-electron chi connectivity index (χ2n) is 4.80. The first-order chi connectivity index (χ1) is 9.40. The summed E-state index contributed by atoms with van der Waals surface area (Å²) in [5, 5.41) is 3.51. The van der Waals surface area contributed by atoms with Gasteiger partial charge in [-0.25, -0.2) is 0 Å². The average molecular weight is 261 g/mol. The molecule has 1 N–H and O–H groups in total. The van der Waals surface area contributed by atoms with E-state index in [-0.39, 0.29) is 0 Å². The Kier molecular flexibility index (Phi) is 5.92.